The van der Waals surface area contributed by atoms with Crippen LogP contribution in [-0.4, -0.2) is 25.8 Å². The predicted molar refractivity (Wildman–Crippen MR) is 73.7 cm³/mol. The number of nitrogens with one attached hydrogen (secondary N) is 1. The molecule has 0 aliphatic rings. The number of alkyl halides is 3. The van der Waals surface area contributed by atoms with E-state index >= 15 is 0 Å². The van der Waals surface area contributed by atoms with Crippen LogP contribution in [0.3, 0.4) is 0 Å². The number of hydrogen-bond donors (Lipinski definition) is 1. The lowest BCUT2D eigenvalue weighted by atomic mass is 9.88. The molecule has 5 heteroatoms. The quantitative estimate of drug-likeness (QED) is 0.863. The summed E-state index contributed by atoms with van der Waals surface area (Å²) < 4.78 is 43.1. The van der Waals surface area contributed by atoms with Gasteiger partial charge in [0.15, 0.2) is 0 Å². The summed E-state index contributed by atoms with van der Waals surface area (Å²) in [4.78, 5) is 0. The molecule has 0 fully saturated rings. The summed E-state index contributed by atoms with van der Waals surface area (Å²) in [6, 6.07) is 5.34. The first kappa shape index (κ1) is 17.0. The second-order valence-corrected chi connectivity index (χ2v) is 5.11. The van der Waals surface area contributed by atoms with Crippen LogP contribution in [0.5, 0.6) is 0 Å². The Morgan fingerprint density at radius 1 is 1.20 bits per heavy atom. The zero-order valence-corrected chi connectivity index (χ0v) is 12.3. The molecule has 0 amide bonds. The Bertz CT molecular complexity index is 410. The Balaban J connectivity index is 2.86. The lowest BCUT2D eigenvalue weighted by Gasteiger charge is -2.35. The standard InChI is InChI=1S/C15H22F3NO/c1-5-14(2,20-4)13(19-3)10-11-6-8-12(9-7-11)15(16,17)18/h6-9,13,19H,5,10H2,1-4H3. The molecule has 0 aromatic heterocycles. The topological polar surface area (TPSA) is 21.3 Å². The minimum atomic E-state index is -4.29. The van der Waals surface area contributed by atoms with E-state index in [0.717, 1.165) is 24.1 Å². The zero-order chi connectivity index (χ0) is 15.4. The Morgan fingerprint density at radius 3 is 2.10 bits per heavy atom. The number of halogens is 3. The second kappa shape index (κ2) is 6.59. The van der Waals surface area contributed by atoms with Crippen molar-refractivity contribution in [3.05, 3.63) is 35.4 Å². The van der Waals surface area contributed by atoms with E-state index in [9.17, 15) is 13.2 Å². The summed E-state index contributed by atoms with van der Waals surface area (Å²) in [5.41, 5.74) is -0.112. The predicted octanol–water partition coefficient (Wildman–Crippen LogP) is 3.65. The number of rotatable bonds is 6. The van der Waals surface area contributed by atoms with E-state index in [0.29, 0.717) is 6.42 Å². The van der Waals surface area contributed by atoms with Gasteiger partial charge in [0.1, 0.15) is 0 Å². The molecular weight excluding hydrogens is 267 g/mol. The molecule has 0 radical (unpaired) electrons. The van der Waals surface area contributed by atoms with Gasteiger partial charge in [0, 0.05) is 13.2 Å². The van der Waals surface area contributed by atoms with Crippen LogP contribution in [0.25, 0.3) is 0 Å². The summed E-state index contributed by atoms with van der Waals surface area (Å²) in [6.45, 7) is 4.03. The Morgan fingerprint density at radius 2 is 1.75 bits per heavy atom. The molecule has 1 aromatic rings. The van der Waals surface area contributed by atoms with E-state index in [1.54, 1.807) is 7.11 Å². The van der Waals surface area contributed by atoms with E-state index in [1.165, 1.54) is 12.1 Å². The highest BCUT2D eigenvalue weighted by Crippen LogP contribution is 2.29. The minimum Gasteiger partial charge on any atom is -0.377 e. The van der Waals surface area contributed by atoms with Gasteiger partial charge in [0.25, 0.3) is 0 Å². The van der Waals surface area contributed by atoms with Crippen molar-refractivity contribution in [2.45, 2.75) is 44.5 Å². The number of methoxy groups -OCH3 is 1. The monoisotopic (exact) mass is 289 g/mol. The van der Waals surface area contributed by atoms with E-state index in [1.807, 2.05) is 20.9 Å². The lowest BCUT2D eigenvalue weighted by Crippen LogP contribution is -2.49. The molecule has 0 saturated carbocycles. The molecule has 1 aromatic carbocycles. The van der Waals surface area contributed by atoms with Gasteiger partial charge in [0.05, 0.1) is 11.2 Å². The average Bonchev–Trinajstić information content (AvgIpc) is 2.43. The molecule has 2 nitrogen and oxygen atoms in total. The number of ether oxygens (including phenoxy) is 1. The molecule has 1 rings (SSSR count). The largest absolute Gasteiger partial charge is 0.416 e. The third-order valence-corrected chi connectivity index (χ3v) is 3.97. The van der Waals surface area contributed by atoms with Gasteiger partial charge >= 0.3 is 6.18 Å². The van der Waals surface area contributed by atoms with Crippen LogP contribution in [0.4, 0.5) is 13.2 Å². The molecule has 1 N–H and O–H groups in total. The van der Waals surface area contributed by atoms with Crippen molar-refractivity contribution in [1.29, 1.82) is 0 Å². The van der Waals surface area contributed by atoms with Crippen LogP contribution in [0.1, 0.15) is 31.4 Å². The molecule has 0 spiro atoms. The Hall–Kier alpha value is -1.07. The molecule has 20 heavy (non-hydrogen) atoms. The van der Waals surface area contributed by atoms with Crippen molar-refractivity contribution in [1.82, 2.24) is 5.32 Å². The van der Waals surface area contributed by atoms with Gasteiger partial charge in [0.2, 0.25) is 0 Å². The fourth-order valence-electron chi connectivity index (χ4n) is 2.22. The molecule has 0 aliphatic carbocycles. The fraction of sp³-hybridized carbons (Fsp3) is 0.600. The first-order chi connectivity index (χ1) is 9.26. The molecule has 0 saturated heterocycles. The zero-order valence-electron chi connectivity index (χ0n) is 12.3. The smallest absolute Gasteiger partial charge is 0.377 e. The average molecular weight is 289 g/mol. The minimum absolute atomic E-state index is 0.0363. The molecule has 0 heterocycles. The van der Waals surface area contributed by atoms with Gasteiger partial charge in [-0.05, 0) is 44.5 Å². The Kier molecular flexibility index (Phi) is 5.59. The highest BCUT2D eigenvalue weighted by Gasteiger charge is 2.32. The van der Waals surface area contributed by atoms with Crippen LogP contribution in [0.15, 0.2) is 24.3 Å². The van der Waals surface area contributed by atoms with Crippen LogP contribution in [-0.2, 0) is 17.3 Å². The normalized spacial score (nSPS) is 16.8. The summed E-state index contributed by atoms with van der Waals surface area (Å²) in [7, 11) is 3.49. The van der Waals surface area contributed by atoms with Gasteiger partial charge in [-0.25, -0.2) is 0 Å². The van der Waals surface area contributed by atoms with Crippen molar-refractivity contribution >= 4 is 0 Å². The van der Waals surface area contributed by atoms with E-state index in [-0.39, 0.29) is 11.6 Å². The number of likely N-dealkylation sites (N-methyl/N-ethyl adjacent to an activating group) is 1. The lowest BCUT2D eigenvalue weighted by molar-refractivity contribution is -0.137. The first-order valence-corrected chi connectivity index (χ1v) is 6.65. The molecule has 114 valence electrons. The highest BCUT2D eigenvalue weighted by molar-refractivity contribution is 5.25. The number of benzene rings is 1. The fourth-order valence-corrected chi connectivity index (χ4v) is 2.22. The maximum atomic E-state index is 12.5. The summed E-state index contributed by atoms with van der Waals surface area (Å²) in [5.74, 6) is 0. The number of hydrogen-bond acceptors (Lipinski definition) is 2. The summed E-state index contributed by atoms with van der Waals surface area (Å²) in [6.07, 6.45) is -2.85. The van der Waals surface area contributed by atoms with Gasteiger partial charge in [-0.3, -0.25) is 0 Å². The second-order valence-electron chi connectivity index (χ2n) is 5.11. The SMILES string of the molecule is CCC(C)(OC)C(Cc1ccc(C(F)(F)F)cc1)NC. The van der Waals surface area contributed by atoms with Gasteiger partial charge < -0.3 is 10.1 Å². The van der Waals surface area contributed by atoms with Gasteiger partial charge in [-0.15, -0.1) is 0 Å². The Labute approximate surface area is 118 Å². The molecule has 2 unspecified atom stereocenters. The maximum Gasteiger partial charge on any atom is 0.416 e. The van der Waals surface area contributed by atoms with E-state index < -0.39 is 11.7 Å². The van der Waals surface area contributed by atoms with Crippen LogP contribution >= 0.6 is 0 Å². The van der Waals surface area contributed by atoms with E-state index in [4.69, 9.17) is 4.74 Å². The highest BCUT2D eigenvalue weighted by atomic mass is 19.4. The first-order valence-electron chi connectivity index (χ1n) is 6.65. The van der Waals surface area contributed by atoms with Crippen molar-refractivity contribution in [3.63, 3.8) is 0 Å². The van der Waals surface area contributed by atoms with Crippen LogP contribution < -0.4 is 5.32 Å². The molecular formula is C15H22F3NO. The van der Waals surface area contributed by atoms with E-state index in [2.05, 4.69) is 5.32 Å². The summed E-state index contributed by atoms with van der Waals surface area (Å²) in [5, 5.41) is 3.19. The summed E-state index contributed by atoms with van der Waals surface area (Å²) >= 11 is 0. The van der Waals surface area contributed by atoms with Crippen molar-refractivity contribution in [2.24, 2.45) is 0 Å². The van der Waals surface area contributed by atoms with Crippen LogP contribution in [0, 0.1) is 0 Å². The molecule has 0 bridgehead atoms. The van der Waals surface area contributed by atoms with Gasteiger partial charge in [-0.1, -0.05) is 19.1 Å². The van der Waals surface area contributed by atoms with Crippen LogP contribution in [0.2, 0.25) is 0 Å². The van der Waals surface area contributed by atoms with Gasteiger partial charge in [-0.2, -0.15) is 13.2 Å². The molecule has 0 aliphatic heterocycles. The van der Waals surface area contributed by atoms with Crippen molar-refractivity contribution in [2.75, 3.05) is 14.2 Å². The third kappa shape index (κ3) is 3.96. The third-order valence-electron chi connectivity index (χ3n) is 3.97. The van der Waals surface area contributed by atoms with Crippen molar-refractivity contribution in [3.8, 4) is 0 Å². The molecule has 2 atom stereocenters. The maximum absolute atomic E-state index is 12.5. The van der Waals surface area contributed by atoms with Crippen molar-refractivity contribution < 1.29 is 17.9 Å².